The van der Waals surface area contributed by atoms with Crippen LogP contribution in [-0.4, -0.2) is 9.97 Å². The molecule has 0 aliphatic rings. The van der Waals surface area contributed by atoms with Gasteiger partial charge in [-0.1, -0.05) is 26.0 Å². The Morgan fingerprint density at radius 3 is 2.47 bits per heavy atom. The van der Waals surface area contributed by atoms with Crippen LogP contribution in [0.5, 0.6) is 0 Å². The molecule has 0 aliphatic carbocycles. The van der Waals surface area contributed by atoms with E-state index in [0.717, 1.165) is 16.9 Å². The molecule has 0 saturated carbocycles. The number of hydrogen-bond acceptors (Lipinski definition) is 3. The monoisotopic (exact) mass is 255 g/mol. The minimum Gasteiger partial charge on any atom is -0.324 e. The van der Waals surface area contributed by atoms with E-state index in [1.54, 1.807) is 0 Å². The van der Waals surface area contributed by atoms with Gasteiger partial charge < -0.3 is 5.32 Å². The molecule has 1 N–H and O–H groups in total. The molecule has 2 aromatic rings. The average Bonchev–Trinajstić information content (AvgIpc) is 2.37. The summed E-state index contributed by atoms with van der Waals surface area (Å²) in [4.78, 5) is 8.98. The number of benzene rings is 1. The highest BCUT2D eigenvalue weighted by Gasteiger charge is 2.09. The van der Waals surface area contributed by atoms with Crippen LogP contribution < -0.4 is 5.32 Å². The Labute approximate surface area is 115 Å². The maximum absolute atomic E-state index is 4.62. The minimum absolute atomic E-state index is 0.405. The molecule has 2 rings (SSSR count). The van der Waals surface area contributed by atoms with Crippen molar-refractivity contribution < 1.29 is 0 Å². The molecule has 1 aromatic heterocycles. The molecule has 1 aromatic carbocycles. The van der Waals surface area contributed by atoms with E-state index in [4.69, 9.17) is 0 Å². The van der Waals surface area contributed by atoms with Crippen molar-refractivity contribution in [3.8, 4) is 0 Å². The number of aromatic nitrogens is 2. The summed E-state index contributed by atoms with van der Waals surface area (Å²) in [7, 11) is 0. The Morgan fingerprint density at radius 1 is 1.05 bits per heavy atom. The standard InChI is InChI=1S/C16H21N3/c1-10(2)15-12(4)9-17-16(19-15)18-14-8-6-7-11(3)13(14)5/h6-10H,1-5H3,(H,17,18,19). The zero-order valence-electron chi connectivity index (χ0n) is 12.3. The molecule has 0 fully saturated rings. The number of aryl methyl sites for hydroxylation is 2. The van der Waals surface area contributed by atoms with Gasteiger partial charge >= 0.3 is 0 Å². The second-order valence-corrected chi connectivity index (χ2v) is 5.29. The fraction of sp³-hybridized carbons (Fsp3) is 0.375. The van der Waals surface area contributed by atoms with Crippen molar-refractivity contribution in [2.45, 2.75) is 40.5 Å². The lowest BCUT2D eigenvalue weighted by Crippen LogP contribution is -2.04. The second-order valence-electron chi connectivity index (χ2n) is 5.29. The summed E-state index contributed by atoms with van der Waals surface area (Å²) in [6, 6.07) is 6.21. The predicted octanol–water partition coefficient (Wildman–Crippen LogP) is 4.27. The van der Waals surface area contributed by atoms with Gasteiger partial charge in [-0.25, -0.2) is 9.97 Å². The van der Waals surface area contributed by atoms with Crippen molar-refractivity contribution in [1.29, 1.82) is 0 Å². The summed E-state index contributed by atoms with van der Waals surface area (Å²) >= 11 is 0. The maximum atomic E-state index is 4.62. The average molecular weight is 255 g/mol. The van der Waals surface area contributed by atoms with Gasteiger partial charge in [-0.15, -0.1) is 0 Å². The predicted molar refractivity (Wildman–Crippen MR) is 80.1 cm³/mol. The van der Waals surface area contributed by atoms with E-state index in [9.17, 15) is 0 Å². The molecule has 0 atom stereocenters. The number of nitrogens with one attached hydrogen (secondary N) is 1. The SMILES string of the molecule is Cc1cnc(Nc2cccc(C)c2C)nc1C(C)C. The second kappa shape index (κ2) is 5.39. The Balaban J connectivity index is 2.34. The molecular weight excluding hydrogens is 234 g/mol. The molecule has 3 heteroatoms. The Hall–Kier alpha value is -1.90. The van der Waals surface area contributed by atoms with Gasteiger partial charge in [-0.05, 0) is 49.4 Å². The lowest BCUT2D eigenvalue weighted by atomic mass is 10.1. The molecule has 100 valence electrons. The van der Waals surface area contributed by atoms with Crippen LogP contribution in [0.25, 0.3) is 0 Å². The first-order valence-electron chi connectivity index (χ1n) is 6.66. The Bertz CT molecular complexity index is 589. The molecule has 0 aliphatic heterocycles. The van der Waals surface area contributed by atoms with E-state index in [2.05, 4.69) is 62.0 Å². The van der Waals surface area contributed by atoms with Gasteiger partial charge in [0.25, 0.3) is 0 Å². The van der Waals surface area contributed by atoms with Crippen LogP contribution in [-0.2, 0) is 0 Å². The zero-order chi connectivity index (χ0) is 14.0. The van der Waals surface area contributed by atoms with Gasteiger partial charge in [0.05, 0.1) is 5.69 Å². The fourth-order valence-corrected chi connectivity index (χ4v) is 2.11. The van der Waals surface area contributed by atoms with Crippen LogP contribution in [0.4, 0.5) is 11.6 Å². The third kappa shape index (κ3) is 2.92. The Kier molecular flexibility index (Phi) is 3.84. The van der Waals surface area contributed by atoms with E-state index in [0.29, 0.717) is 11.9 Å². The molecule has 19 heavy (non-hydrogen) atoms. The third-order valence-corrected chi connectivity index (χ3v) is 3.41. The lowest BCUT2D eigenvalue weighted by Gasteiger charge is -2.13. The summed E-state index contributed by atoms with van der Waals surface area (Å²) in [5.41, 5.74) is 5.81. The highest BCUT2D eigenvalue weighted by Crippen LogP contribution is 2.23. The van der Waals surface area contributed by atoms with Crippen molar-refractivity contribution in [2.75, 3.05) is 5.32 Å². The third-order valence-electron chi connectivity index (χ3n) is 3.41. The van der Waals surface area contributed by atoms with Crippen molar-refractivity contribution in [1.82, 2.24) is 9.97 Å². The quantitative estimate of drug-likeness (QED) is 0.890. The number of rotatable bonds is 3. The first-order valence-corrected chi connectivity index (χ1v) is 6.66. The van der Waals surface area contributed by atoms with Crippen LogP contribution in [0, 0.1) is 20.8 Å². The Morgan fingerprint density at radius 2 is 1.79 bits per heavy atom. The summed E-state index contributed by atoms with van der Waals surface area (Å²) < 4.78 is 0. The molecule has 0 radical (unpaired) electrons. The topological polar surface area (TPSA) is 37.8 Å². The molecule has 0 unspecified atom stereocenters. The molecule has 0 saturated heterocycles. The highest BCUT2D eigenvalue weighted by molar-refractivity contribution is 5.60. The van der Waals surface area contributed by atoms with Gasteiger partial charge in [0.1, 0.15) is 0 Å². The molecule has 0 spiro atoms. The molecule has 0 bridgehead atoms. The summed E-state index contributed by atoms with van der Waals surface area (Å²) in [5, 5.41) is 3.31. The van der Waals surface area contributed by atoms with E-state index in [1.807, 2.05) is 12.3 Å². The van der Waals surface area contributed by atoms with Crippen LogP contribution in [0.3, 0.4) is 0 Å². The van der Waals surface area contributed by atoms with Crippen molar-refractivity contribution >= 4 is 11.6 Å². The first-order chi connectivity index (χ1) is 8.99. The van der Waals surface area contributed by atoms with Gasteiger partial charge in [0.2, 0.25) is 5.95 Å². The number of anilines is 2. The van der Waals surface area contributed by atoms with E-state index in [1.165, 1.54) is 11.1 Å². The van der Waals surface area contributed by atoms with Crippen molar-refractivity contribution in [3.63, 3.8) is 0 Å². The smallest absolute Gasteiger partial charge is 0.227 e. The molecule has 1 heterocycles. The normalized spacial score (nSPS) is 10.8. The largest absolute Gasteiger partial charge is 0.324 e. The molecule has 3 nitrogen and oxygen atoms in total. The lowest BCUT2D eigenvalue weighted by molar-refractivity contribution is 0.804. The first kappa shape index (κ1) is 13.5. The van der Waals surface area contributed by atoms with Gasteiger partial charge in [0, 0.05) is 11.9 Å². The number of nitrogens with zero attached hydrogens (tertiary/aromatic N) is 2. The van der Waals surface area contributed by atoms with Gasteiger partial charge in [0.15, 0.2) is 0 Å². The molecular formula is C16H21N3. The molecule has 0 amide bonds. The van der Waals surface area contributed by atoms with Gasteiger partial charge in [-0.2, -0.15) is 0 Å². The van der Waals surface area contributed by atoms with Crippen molar-refractivity contribution in [2.24, 2.45) is 0 Å². The fourth-order valence-electron chi connectivity index (χ4n) is 2.11. The van der Waals surface area contributed by atoms with E-state index in [-0.39, 0.29) is 0 Å². The minimum atomic E-state index is 0.405. The van der Waals surface area contributed by atoms with E-state index >= 15 is 0 Å². The summed E-state index contributed by atoms with van der Waals surface area (Å²) in [5.74, 6) is 1.07. The number of hydrogen-bond donors (Lipinski definition) is 1. The van der Waals surface area contributed by atoms with Crippen LogP contribution >= 0.6 is 0 Å². The zero-order valence-corrected chi connectivity index (χ0v) is 12.3. The summed E-state index contributed by atoms with van der Waals surface area (Å²) in [6.07, 6.45) is 1.88. The van der Waals surface area contributed by atoms with Crippen LogP contribution in [0.15, 0.2) is 24.4 Å². The van der Waals surface area contributed by atoms with Gasteiger partial charge in [-0.3, -0.25) is 0 Å². The van der Waals surface area contributed by atoms with Crippen LogP contribution in [0.2, 0.25) is 0 Å². The van der Waals surface area contributed by atoms with E-state index < -0.39 is 0 Å². The maximum Gasteiger partial charge on any atom is 0.227 e. The van der Waals surface area contributed by atoms with Crippen molar-refractivity contribution in [3.05, 3.63) is 46.8 Å². The highest BCUT2D eigenvalue weighted by atomic mass is 15.1. The van der Waals surface area contributed by atoms with Crippen LogP contribution in [0.1, 0.15) is 42.1 Å². The summed E-state index contributed by atoms with van der Waals surface area (Å²) in [6.45, 7) is 10.6.